The third kappa shape index (κ3) is 4.47. The molecule has 5 aromatic rings. The average molecular weight is 535 g/mol. The first-order chi connectivity index (χ1) is 19.4. The number of aromatic amines is 1. The first-order valence-corrected chi connectivity index (χ1v) is 12.6. The van der Waals surface area contributed by atoms with Crippen LogP contribution >= 0.6 is 0 Å². The lowest BCUT2D eigenvalue weighted by Crippen LogP contribution is -2.40. The molecule has 0 aliphatic carbocycles. The summed E-state index contributed by atoms with van der Waals surface area (Å²) >= 11 is 0. The molecule has 40 heavy (non-hydrogen) atoms. The molecule has 3 amide bonds. The zero-order valence-electron chi connectivity index (χ0n) is 21.4. The highest BCUT2D eigenvalue weighted by atomic mass is 19.1. The molecule has 4 aromatic carbocycles. The number of nitrogens with zero attached hydrogens (tertiary/aromatic N) is 2. The van der Waals surface area contributed by atoms with E-state index in [1.165, 1.54) is 7.11 Å². The van der Waals surface area contributed by atoms with Gasteiger partial charge in [0, 0.05) is 5.56 Å². The molecule has 8 nitrogen and oxygen atoms in total. The van der Waals surface area contributed by atoms with Crippen molar-refractivity contribution >= 4 is 28.6 Å². The fourth-order valence-electron chi connectivity index (χ4n) is 4.92. The Kier molecular flexibility index (Phi) is 6.31. The highest BCUT2D eigenvalue weighted by molar-refractivity contribution is 6.21. The molecular formula is C31H23FN4O4. The number of nitrogens with one attached hydrogen (secondary N) is 2. The number of amides is 3. The van der Waals surface area contributed by atoms with E-state index in [2.05, 4.69) is 15.5 Å². The summed E-state index contributed by atoms with van der Waals surface area (Å²) in [4.78, 5) is 40.9. The number of hydrogen-bond acceptors (Lipinski definition) is 5. The highest BCUT2D eigenvalue weighted by Crippen LogP contribution is 2.28. The van der Waals surface area contributed by atoms with Gasteiger partial charge in [-0.2, -0.15) is 4.39 Å². The molecule has 2 N–H and O–H groups in total. The van der Waals surface area contributed by atoms with Gasteiger partial charge in [-0.05, 0) is 65.2 Å². The van der Waals surface area contributed by atoms with E-state index in [0.717, 1.165) is 10.5 Å². The van der Waals surface area contributed by atoms with Crippen molar-refractivity contribution < 1.29 is 23.5 Å². The average Bonchev–Trinajstić information content (AvgIpc) is 3.48. The summed E-state index contributed by atoms with van der Waals surface area (Å²) < 4.78 is 19.4. The number of fused-ring (bicyclic) bond motifs is 2. The monoisotopic (exact) mass is 534 g/mol. The van der Waals surface area contributed by atoms with Gasteiger partial charge in [0.25, 0.3) is 17.7 Å². The molecule has 1 atom stereocenters. The van der Waals surface area contributed by atoms with Crippen molar-refractivity contribution in [2.45, 2.75) is 6.04 Å². The van der Waals surface area contributed by atoms with E-state index in [-0.39, 0.29) is 6.54 Å². The normalized spacial score (nSPS) is 13.4. The van der Waals surface area contributed by atoms with Crippen LogP contribution in [0.2, 0.25) is 0 Å². The van der Waals surface area contributed by atoms with Crippen molar-refractivity contribution in [2.24, 2.45) is 0 Å². The molecule has 0 spiro atoms. The van der Waals surface area contributed by atoms with Gasteiger partial charge in [0.15, 0.2) is 0 Å². The third-order valence-electron chi connectivity index (χ3n) is 7.02. The molecule has 0 bridgehead atoms. The fourth-order valence-corrected chi connectivity index (χ4v) is 4.92. The summed E-state index contributed by atoms with van der Waals surface area (Å²) in [6.45, 7) is -0.0681. The van der Waals surface area contributed by atoms with Gasteiger partial charge < -0.3 is 10.1 Å². The smallest absolute Gasteiger partial charge is 0.261 e. The van der Waals surface area contributed by atoms with Gasteiger partial charge in [-0.25, -0.2) is 0 Å². The molecule has 1 aliphatic heterocycles. The van der Waals surface area contributed by atoms with Crippen LogP contribution < -0.4 is 10.1 Å². The molecule has 2 heterocycles. The Balaban J connectivity index is 1.30. The minimum atomic E-state index is -0.718. The third-order valence-corrected chi connectivity index (χ3v) is 7.02. The Morgan fingerprint density at radius 2 is 1.65 bits per heavy atom. The van der Waals surface area contributed by atoms with Crippen LogP contribution in [0, 0.1) is 5.95 Å². The topological polar surface area (TPSA) is 104 Å². The summed E-state index contributed by atoms with van der Waals surface area (Å²) in [5.41, 5.74) is 3.71. The lowest BCUT2D eigenvalue weighted by atomic mass is 10.0. The minimum Gasteiger partial charge on any atom is -0.497 e. The van der Waals surface area contributed by atoms with Crippen LogP contribution in [-0.4, -0.2) is 46.5 Å². The SMILES string of the molecule is COc1cccc(C(CN2C(=O)c3ccccc3C2=O)NC(=O)c2cccc(-c3ccc4[nH]nc(F)c4c3)c2)c1. The molecule has 1 unspecified atom stereocenters. The van der Waals surface area contributed by atoms with Gasteiger partial charge in [0.05, 0.1) is 41.7 Å². The van der Waals surface area contributed by atoms with Crippen LogP contribution in [0.1, 0.15) is 42.7 Å². The lowest BCUT2D eigenvalue weighted by molar-refractivity contribution is 0.0629. The Morgan fingerprint density at radius 3 is 2.40 bits per heavy atom. The molecule has 1 aromatic heterocycles. The van der Waals surface area contributed by atoms with E-state index in [1.807, 2.05) is 12.1 Å². The molecule has 0 radical (unpaired) electrons. The molecular weight excluding hydrogens is 511 g/mol. The molecule has 1 aliphatic rings. The number of methoxy groups -OCH3 is 1. The molecule has 0 saturated carbocycles. The quantitative estimate of drug-likeness (QED) is 0.281. The van der Waals surface area contributed by atoms with Crippen molar-refractivity contribution in [1.82, 2.24) is 20.4 Å². The van der Waals surface area contributed by atoms with Crippen molar-refractivity contribution in [3.05, 3.63) is 119 Å². The standard InChI is InChI=1S/C31H23FN4O4/c1-40-22-9-5-7-20(15-22)27(17-36-30(38)23-10-2-3-11-24(23)31(36)39)33-29(37)21-8-4-6-18(14-21)19-12-13-26-25(16-19)28(32)35-34-26/h2-16,27H,17H2,1H3,(H,33,37)(H,34,35). The second-order valence-corrected chi connectivity index (χ2v) is 9.42. The molecule has 0 saturated heterocycles. The number of aromatic nitrogens is 2. The summed E-state index contributed by atoms with van der Waals surface area (Å²) in [7, 11) is 1.54. The van der Waals surface area contributed by atoms with Crippen molar-refractivity contribution in [2.75, 3.05) is 13.7 Å². The predicted molar refractivity (Wildman–Crippen MR) is 146 cm³/mol. The lowest BCUT2D eigenvalue weighted by Gasteiger charge is -2.24. The number of ether oxygens (including phenoxy) is 1. The van der Waals surface area contributed by atoms with Crippen LogP contribution in [-0.2, 0) is 0 Å². The largest absolute Gasteiger partial charge is 0.497 e. The summed E-state index contributed by atoms with van der Waals surface area (Å²) in [6.07, 6.45) is 0. The summed E-state index contributed by atoms with van der Waals surface area (Å²) in [5.74, 6) is -1.25. The number of carbonyl (C=O) groups excluding carboxylic acids is 3. The number of imide groups is 1. The number of H-pyrrole nitrogens is 1. The number of benzene rings is 4. The maximum Gasteiger partial charge on any atom is 0.261 e. The Hall–Kier alpha value is -5.31. The van der Waals surface area contributed by atoms with Gasteiger partial charge in [0.1, 0.15) is 5.75 Å². The van der Waals surface area contributed by atoms with Crippen LogP contribution in [0.5, 0.6) is 5.75 Å². The second-order valence-electron chi connectivity index (χ2n) is 9.42. The minimum absolute atomic E-state index is 0.0681. The van der Waals surface area contributed by atoms with E-state index < -0.39 is 29.7 Å². The first kappa shape index (κ1) is 25.0. The number of rotatable bonds is 7. The van der Waals surface area contributed by atoms with Crippen molar-refractivity contribution in [3.63, 3.8) is 0 Å². The van der Waals surface area contributed by atoms with Gasteiger partial charge >= 0.3 is 0 Å². The van der Waals surface area contributed by atoms with Crippen molar-refractivity contribution in [1.29, 1.82) is 0 Å². The maximum atomic E-state index is 14.0. The first-order valence-electron chi connectivity index (χ1n) is 12.6. The van der Waals surface area contributed by atoms with E-state index in [4.69, 9.17) is 4.74 Å². The van der Waals surface area contributed by atoms with Gasteiger partial charge in [0.2, 0.25) is 5.95 Å². The Bertz CT molecular complexity index is 1760. The molecule has 9 heteroatoms. The zero-order chi connectivity index (χ0) is 27.8. The van der Waals surface area contributed by atoms with Crippen LogP contribution in [0.4, 0.5) is 4.39 Å². The van der Waals surface area contributed by atoms with Crippen LogP contribution in [0.15, 0.2) is 91.0 Å². The molecule has 0 fully saturated rings. The van der Waals surface area contributed by atoms with Crippen LogP contribution in [0.25, 0.3) is 22.0 Å². The number of carbonyl (C=O) groups is 3. The van der Waals surface area contributed by atoms with E-state index in [9.17, 15) is 18.8 Å². The molecule has 6 rings (SSSR count). The maximum absolute atomic E-state index is 14.0. The fraction of sp³-hybridized carbons (Fsp3) is 0.0968. The zero-order valence-corrected chi connectivity index (χ0v) is 21.4. The van der Waals surface area contributed by atoms with Gasteiger partial charge in [-0.3, -0.25) is 24.4 Å². The second kappa shape index (κ2) is 10.1. The summed E-state index contributed by atoms with van der Waals surface area (Å²) in [5, 5.41) is 9.58. The Labute approximate surface area is 228 Å². The predicted octanol–water partition coefficient (Wildman–Crippen LogP) is 5.14. The van der Waals surface area contributed by atoms with E-state index >= 15 is 0 Å². The summed E-state index contributed by atoms with van der Waals surface area (Å²) in [6, 6.07) is 25.2. The Morgan fingerprint density at radius 1 is 0.925 bits per heavy atom. The van der Waals surface area contributed by atoms with Crippen molar-refractivity contribution in [3.8, 4) is 16.9 Å². The number of hydrogen-bond donors (Lipinski definition) is 2. The van der Waals surface area contributed by atoms with Gasteiger partial charge in [-0.15, -0.1) is 5.10 Å². The van der Waals surface area contributed by atoms with Gasteiger partial charge in [-0.1, -0.05) is 42.5 Å². The van der Waals surface area contributed by atoms with Crippen LogP contribution in [0.3, 0.4) is 0 Å². The van der Waals surface area contributed by atoms with E-state index in [1.54, 1.807) is 78.9 Å². The number of halogens is 1. The van der Waals surface area contributed by atoms with E-state index in [0.29, 0.717) is 44.5 Å². The highest BCUT2D eigenvalue weighted by Gasteiger charge is 2.37. The molecule has 198 valence electrons.